The van der Waals surface area contributed by atoms with Crippen LogP contribution in [0.4, 0.5) is 13.2 Å². The first kappa shape index (κ1) is 16.5. The summed E-state index contributed by atoms with van der Waals surface area (Å²) in [6.07, 6.45) is 1.26. The summed E-state index contributed by atoms with van der Waals surface area (Å²) in [6, 6.07) is 2.78. The molecule has 3 rings (SSSR count). The van der Waals surface area contributed by atoms with Crippen LogP contribution in [0.25, 0.3) is 0 Å². The fourth-order valence-corrected chi connectivity index (χ4v) is 3.01. The van der Waals surface area contributed by atoms with Gasteiger partial charge < -0.3 is 5.32 Å². The maximum atomic E-state index is 12.7. The van der Waals surface area contributed by atoms with Gasteiger partial charge >= 0.3 is 6.18 Å². The third kappa shape index (κ3) is 3.29. The van der Waals surface area contributed by atoms with Gasteiger partial charge in [0.15, 0.2) is 5.69 Å². The molecule has 2 aromatic rings. The molecule has 1 aliphatic rings. The number of hydrogen-bond acceptors (Lipinski definition) is 3. The summed E-state index contributed by atoms with van der Waals surface area (Å²) in [4.78, 5) is 12.3. The number of aryl methyl sites for hydroxylation is 1. The second-order valence-corrected chi connectivity index (χ2v) is 5.92. The van der Waals surface area contributed by atoms with Crippen LogP contribution in [0, 0.1) is 0 Å². The van der Waals surface area contributed by atoms with Crippen molar-refractivity contribution in [3.63, 3.8) is 0 Å². The Morgan fingerprint density at radius 1 is 1.38 bits per heavy atom. The van der Waals surface area contributed by atoms with Crippen molar-refractivity contribution in [1.29, 1.82) is 0 Å². The van der Waals surface area contributed by atoms with E-state index in [2.05, 4.69) is 15.5 Å². The SMILES string of the molecule is Cn1nc(C(F)(F)F)cc1CNC(=O)c1ccnn1C1CCCC1. The first-order valence-electron chi connectivity index (χ1n) is 7.78. The third-order valence-corrected chi connectivity index (χ3v) is 4.27. The maximum absolute atomic E-state index is 12.7. The number of nitrogens with one attached hydrogen (secondary N) is 1. The zero-order valence-electron chi connectivity index (χ0n) is 13.2. The summed E-state index contributed by atoms with van der Waals surface area (Å²) < 4.78 is 40.8. The van der Waals surface area contributed by atoms with Gasteiger partial charge in [-0.15, -0.1) is 0 Å². The van der Waals surface area contributed by atoms with Gasteiger partial charge in [-0.1, -0.05) is 12.8 Å². The predicted molar refractivity (Wildman–Crippen MR) is 79.1 cm³/mol. The van der Waals surface area contributed by atoms with Crippen molar-refractivity contribution in [3.8, 4) is 0 Å². The van der Waals surface area contributed by atoms with Gasteiger partial charge in [0.05, 0.1) is 18.3 Å². The number of hydrogen-bond donors (Lipinski definition) is 1. The molecule has 0 spiro atoms. The predicted octanol–water partition coefficient (Wildman–Crippen LogP) is 2.68. The van der Waals surface area contributed by atoms with Crippen molar-refractivity contribution < 1.29 is 18.0 Å². The van der Waals surface area contributed by atoms with Crippen molar-refractivity contribution in [2.45, 2.75) is 44.4 Å². The summed E-state index contributed by atoms with van der Waals surface area (Å²) in [5.41, 5.74) is -0.257. The summed E-state index contributed by atoms with van der Waals surface area (Å²) in [6.45, 7) is -0.0335. The van der Waals surface area contributed by atoms with Gasteiger partial charge in [0.2, 0.25) is 0 Å². The number of carbonyl (C=O) groups is 1. The largest absolute Gasteiger partial charge is 0.435 e. The molecule has 1 N–H and O–H groups in total. The maximum Gasteiger partial charge on any atom is 0.435 e. The molecule has 0 atom stereocenters. The quantitative estimate of drug-likeness (QED) is 0.930. The van der Waals surface area contributed by atoms with Gasteiger partial charge in [-0.2, -0.15) is 23.4 Å². The monoisotopic (exact) mass is 341 g/mol. The van der Waals surface area contributed by atoms with E-state index in [1.165, 1.54) is 7.05 Å². The smallest absolute Gasteiger partial charge is 0.345 e. The zero-order valence-corrected chi connectivity index (χ0v) is 13.2. The van der Waals surface area contributed by atoms with Crippen LogP contribution in [-0.4, -0.2) is 25.5 Å². The lowest BCUT2D eigenvalue weighted by Gasteiger charge is -2.14. The lowest BCUT2D eigenvalue weighted by atomic mass is 10.2. The Kier molecular flexibility index (Phi) is 4.33. The molecule has 1 amide bonds. The number of carbonyl (C=O) groups excluding carboxylic acids is 1. The Labute approximate surface area is 136 Å². The number of nitrogens with zero attached hydrogens (tertiary/aromatic N) is 4. The van der Waals surface area contributed by atoms with Crippen LogP contribution >= 0.6 is 0 Å². The molecule has 24 heavy (non-hydrogen) atoms. The molecule has 0 radical (unpaired) electrons. The minimum atomic E-state index is -4.50. The lowest BCUT2D eigenvalue weighted by Crippen LogP contribution is -2.27. The standard InChI is InChI=1S/C15H18F3N5O/c1-22-11(8-13(21-22)15(16,17)18)9-19-14(24)12-6-7-20-23(12)10-4-2-3-5-10/h6-8,10H,2-5,9H2,1H3,(H,19,24). The van der Waals surface area contributed by atoms with Gasteiger partial charge in [0.25, 0.3) is 5.91 Å². The second-order valence-electron chi connectivity index (χ2n) is 5.92. The van der Waals surface area contributed by atoms with Crippen LogP contribution in [0.2, 0.25) is 0 Å². The van der Waals surface area contributed by atoms with Crippen molar-refractivity contribution in [3.05, 3.63) is 35.4 Å². The van der Waals surface area contributed by atoms with E-state index in [-0.39, 0.29) is 24.2 Å². The number of alkyl halides is 3. The van der Waals surface area contributed by atoms with Crippen molar-refractivity contribution >= 4 is 5.91 Å². The summed E-state index contributed by atoms with van der Waals surface area (Å²) in [7, 11) is 1.42. The van der Waals surface area contributed by atoms with Crippen molar-refractivity contribution in [2.24, 2.45) is 7.05 Å². The zero-order chi connectivity index (χ0) is 17.3. The Bertz CT molecular complexity index is 728. The number of halogens is 3. The van der Waals surface area contributed by atoms with Gasteiger partial charge in [-0.25, -0.2) is 0 Å². The molecule has 0 saturated heterocycles. The van der Waals surface area contributed by atoms with E-state index in [1.807, 2.05) is 0 Å². The Hall–Kier alpha value is -2.32. The molecule has 0 bridgehead atoms. The highest BCUT2D eigenvalue weighted by atomic mass is 19.4. The van der Waals surface area contributed by atoms with E-state index in [1.54, 1.807) is 16.9 Å². The van der Waals surface area contributed by atoms with E-state index in [0.29, 0.717) is 5.69 Å². The lowest BCUT2D eigenvalue weighted by molar-refractivity contribution is -0.141. The topological polar surface area (TPSA) is 64.7 Å². The fraction of sp³-hybridized carbons (Fsp3) is 0.533. The molecule has 1 aliphatic carbocycles. The Morgan fingerprint density at radius 3 is 2.71 bits per heavy atom. The molecule has 9 heteroatoms. The number of aromatic nitrogens is 4. The first-order chi connectivity index (χ1) is 11.4. The molecule has 6 nitrogen and oxygen atoms in total. The van der Waals surface area contributed by atoms with E-state index in [9.17, 15) is 18.0 Å². The first-order valence-corrected chi connectivity index (χ1v) is 7.78. The molecular weight excluding hydrogens is 323 g/mol. The van der Waals surface area contributed by atoms with E-state index >= 15 is 0 Å². The molecule has 1 saturated carbocycles. The average Bonchev–Trinajstić information content (AvgIpc) is 3.24. The molecule has 2 aromatic heterocycles. The third-order valence-electron chi connectivity index (χ3n) is 4.27. The van der Waals surface area contributed by atoms with E-state index in [0.717, 1.165) is 36.4 Å². The van der Waals surface area contributed by atoms with Gasteiger partial charge in [0, 0.05) is 13.2 Å². The molecular formula is C15H18F3N5O. The van der Waals surface area contributed by atoms with Crippen LogP contribution in [0.15, 0.2) is 18.3 Å². The minimum absolute atomic E-state index is 0.0335. The van der Waals surface area contributed by atoms with Gasteiger partial charge in [-0.3, -0.25) is 14.2 Å². The summed E-state index contributed by atoms with van der Waals surface area (Å²) >= 11 is 0. The second kappa shape index (κ2) is 6.29. The normalized spacial score (nSPS) is 15.8. The fourth-order valence-electron chi connectivity index (χ4n) is 3.01. The van der Waals surface area contributed by atoms with Crippen LogP contribution in [-0.2, 0) is 19.8 Å². The van der Waals surface area contributed by atoms with Crippen molar-refractivity contribution in [2.75, 3.05) is 0 Å². The van der Waals surface area contributed by atoms with Crippen LogP contribution in [0.5, 0.6) is 0 Å². The molecule has 0 aromatic carbocycles. The highest BCUT2D eigenvalue weighted by molar-refractivity contribution is 5.92. The van der Waals surface area contributed by atoms with E-state index < -0.39 is 11.9 Å². The molecule has 1 fully saturated rings. The number of rotatable bonds is 4. The van der Waals surface area contributed by atoms with E-state index in [4.69, 9.17) is 0 Å². The Morgan fingerprint density at radius 2 is 2.08 bits per heavy atom. The van der Waals surface area contributed by atoms with Crippen LogP contribution < -0.4 is 5.32 Å². The summed E-state index contributed by atoms with van der Waals surface area (Å²) in [5, 5.41) is 10.3. The van der Waals surface area contributed by atoms with Gasteiger partial charge in [-0.05, 0) is 25.0 Å². The average molecular weight is 341 g/mol. The molecule has 0 unspecified atom stereocenters. The minimum Gasteiger partial charge on any atom is -0.345 e. The van der Waals surface area contributed by atoms with Crippen molar-refractivity contribution in [1.82, 2.24) is 24.9 Å². The van der Waals surface area contributed by atoms with Gasteiger partial charge in [0.1, 0.15) is 5.69 Å². The highest BCUT2D eigenvalue weighted by Crippen LogP contribution is 2.30. The highest BCUT2D eigenvalue weighted by Gasteiger charge is 2.34. The van der Waals surface area contributed by atoms with Crippen LogP contribution in [0.1, 0.15) is 53.6 Å². The van der Waals surface area contributed by atoms with Crippen LogP contribution in [0.3, 0.4) is 0 Å². The molecule has 0 aliphatic heterocycles. The molecule has 130 valence electrons. The number of amides is 1. The summed E-state index contributed by atoms with van der Waals surface area (Å²) in [5.74, 6) is -0.353. The molecule has 2 heterocycles. The Balaban J connectivity index is 1.68.